The van der Waals surface area contributed by atoms with Gasteiger partial charge in [-0.3, -0.25) is 0 Å². The molecule has 0 saturated carbocycles. The van der Waals surface area contributed by atoms with Crippen molar-refractivity contribution in [2.24, 2.45) is 0 Å². The van der Waals surface area contributed by atoms with Crippen LogP contribution in [0.3, 0.4) is 0 Å². The van der Waals surface area contributed by atoms with Crippen LogP contribution in [0.1, 0.15) is 0 Å². The zero-order valence-corrected chi connectivity index (χ0v) is 8.08. The van der Waals surface area contributed by atoms with Gasteiger partial charge >= 0.3 is 0 Å². The monoisotopic (exact) mass is 203 g/mol. The Kier molecular flexibility index (Phi) is 2.40. The predicted octanol–water partition coefficient (Wildman–Crippen LogP) is 0.524. The lowest BCUT2D eigenvalue weighted by Gasteiger charge is -2.04. The van der Waals surface area contributed by atoms with Crippen LogP contribution < -0.4 is 10.5 Å². The minimum atomic E-state index is 0.363. The van der Waals surface area contributed by atoms with Crippen LogP contribution >= 0.6 is 0 Å². The van der Waals surface area contributed by atoms with Crippen molar-refractivity contribution in [3.05, 3.63) is 24.8 Å². The lowest BCUT2D eigenvalue weighted by Crippen LogP contribution is -1.97. The first kappa shape index (κ1) is 9.32. The highest BCUT2D eigenvalue weighted by molar-refractivity contribution is 5.59. The van der Waals surface area contributed by atoms with Crippen LogP contribution in [-0.4, -0.2) is 27.0 Å². The van der Waals surface area contributed by atoms with Crippen molar-refractivity contribution < 1.29 is 4.74 Å². The molecule has 0 unspecified atom stereocenters. The summed E-state index contributed by atoms with van der Waals surface area (Å²) in [7, 11) is 1.53. The first-order valence-corrected chi connectivity index (χ1v) is 4.24. The van der Waals surface area contributed by atoms with Gasteiger partial charge in [-0.15, -0.1) is 0 Å². The van der Waals surface area contributed by atoms with Crippen molar-refractivity contribution in [3.63, 3.8) is 0 Å². The highest BCUT2D eigenvalue weighted by Crippen LogP contribution is 2.22. The maximum absolute atomic E-state index is 5.43. The zero-order valence-electron chi connectivity index (χ0n) is 8.08. The third kappa shape index (κ3) is 1.83. The molecule has 6 nitrogen and oxygen atoms in total. The molecule has 6 heteroatoms. The molecule has 2 aromatic heterocycles. The minimum Gasteiger partial charge on any atom is -0.479 e. The third-order valence-electron chi connectivity index (χ3n) is 1.77. The molecule has 0 spiro atoms. The molecule has 0 radical (unpaired) electrons. The summed E-state index contributed by atoms with van der Waals surface area (Å²) in [4.78, 5) is 16.1. The van der Waals surface area contributed by atoms with Crippen LogP contribution in [0.2, 0.25) is 0 Å². The molecule has 76 valence electrons. The van der Waals surface area contributed by atoms with Crippen LogP contribution in [0, 0.1) is 0 Å². The van der Waals surface area contributed by atoms with Gasteiger partial charge in [0, 0.05) is 12.4 Å². The maximum atomic E-state index is 5.43. The van der Waals surface area contributed by atoms with E-state index in [1.807, 2.05) is 0 Å². The fourth-order valence-corrected chi connectivity index (χ4v) is 1.11. The van der Waals surface area contributed by atoms with E-state index in [9.17, 15) is 0 Å². The van der Waals surface area contributed by atoms with E-state index < -0.39 is 0 Å². The number of hydrogen-bond acceptors (Lipinski definition) is 6. The zero-order chi connectivity index (χ0) is 10.7. The van der Waals surface area contributed by atoms with Crippen molar-refractivity contribution >= 4 is 5.82 Å². The molecule has 15 heavy (non-hydrogen) atoms. The summed E-state index contributed by atoms with van der Waals surface area (Å²) in [6.45, 7) is 0. The van der Waals surface area contributed by atoms with Gasteiger partial charge in [-0.1, -0.05) is 0 Å². The van der Waals surface area contributed by atoms with Crippen molar-refractivity contribution in [2.45, 2.75) is 0 Å². The topological polar surface area (TPSA) is 86.8 Å². The summed E-state index contributed by atoms with van der Waals surface area (Å²) in [6, 6.07) is 0. The van der Waals surface area contributed by atoms with Gasteiger partial charge in [-0.2, -0.15) is 0 Å². The lowest BCUT2D eigenvalue weighted by molar-refractivity contribution is 0.397. The molecule has 0 aliphatic rings. The van der Waals surface area contributed by atoms with Gasteiger partial charge in [0.05, 0.1) is 19.5 Å². The summed E-state index contributed by atoms with van der Waals surface area (Å²) in [5.41, 5.74) is 6.56. The summed E-state index contributed by atoms with van der Waals surface area (Å²) in [5.74, 6) is 0.776. The Morgan fingerprint density at radius 3 is 2.53 bits per heavy atom. The largest absolute Gasteiger partial charge is 0.479 e. The van der Waals surface area contributed by atoms with Crippen LogP contribution in [0.5, 0.6) is 5.88 Å². The predicted molar refractivity (Wildman–Crippen MR) is 54.0 cm³/mol. The second kappa shape index (κ2) is 3.87. The summed E-state index contributed by atoms with van der Waals surface area (Å²) >= 11 is 0. The minimum absolute atomic E-state index is 0.363. The highest BCUT2D eigenvalue weighted by atomic mass is 16.5. The molecule has 0 aliphatic carbocycles. The van der Waals surface area contributed by atoms with Crippen molar-refractivity contribution in [1.29, 1.82) is 0 Å². The fourth-order valence-electron chi connectivity index (χ4n) is 1.11. The summed E-state index contributed by atoms with van der Waals surface area (Å²) in [5, 5.41) is 0. The molecule has 0 aromatic carbocycles. The molecular formula is C9H9N5O. The molecule has 2 heterocycles. The average Bonchev–Trinajstić information content (AvgIpc) is 2.30. The van der Waals surface area contributed by atoms with Crippen molar-refractivity contribution in [1.82, 2.24) is 19.9 Å². The number of nitrogen functional groups attached to an aromatic ring is 1. The van der Waals surface area contributed by atoms with E-state index in [2.05, 4.69) is 19.9 Å². The molecule has 0 fully saturated rings. The number of methoxy groups -OCH3 is 1. The second-order valence-electron chi connectivity index (χ2n) is 2.74. The van der Waals surface area contributed by atoms with Crippen LogP contribution in [0.4, 0.5) is 5.82 Å². The Hall–Kier alpha value is -2.24. The first-order valence-electron chi connectivity index (χ1n) is 4.24. The normalized spacial score (nSPS) is 9.93. The summed E-state index contributed by atoms with van der Waals surface area (Å²) in [6.07, 6.45) is 6.11. The number of hydrogen-bond donors (Lipinski definition) is 1. The molecule has 0 aliphatic heterocycles. The number of rotatable bonds is 2. The Morgan fingerprint density at radius 1 is 1.07 bits per heavy atom. The SMILES string of the molecule is COc1nccnc1-c1cnc(N)cn1. The van der Waals surface area contributed by atoms with Crippen LogP contribution in [-0.2, 0) is 0 Å². The average molecular weight is 203 g/mol. The van der Waals surface area contributed by atoms with Gasteiger partial charge in [0.15, 0.2) is 5.69 Å². The van der Waals surface area contributed by atoms with Gasteiger partial charge < -0.3 is 10.5 Å². The van der Waals surface area contributed by atoms with E-state index in [0.29, 0.717) is 23.1 Å². The van der Waals surface area contributed by atoms with Gasteiger partial charge in [-0.05, 0) is 0 Å². The summed E-state index contributed by atoms with van der Waals surface area (Å²) < 4.78 is 5.06. The number of aromatic nitrogens is 4. The molecule has 0 amide bonds. The molecule has 0 saturated heterocycles. The van der Waals surface area contributed by atoms with Gasteiger partial charge in [0.2, 0.25) is 5.88 Å². The second-order valence-corrected chi connectivity index (χ2v) is 2.74. The van der Waals surface area contributed by atoms with E-state index in [0.717, 1.165) is 0 Å². The van der Waals surface area contributed by atoms with Crippen molar-refractivity contribution in [3.8, 4) is 17.3 Å². The van der Waals surface area contributed by atoms with Gasteiger partial charge in [0.25, 0.3) is 0 Å². The molecular weight excluding hydrogens is 194 g/mol. The molecule has 2 aromatic rings. The Bertz CT molecular complexity index is 456. The maximum Gasteiger partial charge on any atom is 0.242 e. The van der Waals surface area contributed by atoms with E-state index in [4.69, 9.17) is 10.5 Å². The number of anilines is 1. The number of nitrogens with zero attached hydrogens (tertiary/aromatic N) is 4. The Balaban J connectivity index is 2.49. The fraction of sp³-hybridized carbons (Fsp3) is 0.111. The van der Waals surface area contributed by atoms with Crippen LogP contribution in [0.15, 0.2) is 24.8 Å². The third-order valence-corrected chi connectivity index (χ3v) is 1.77. The number of nitrogens with two attached hydrogens (primary N) is 1. The molecule has 2 N–H and O–H groups in total. The smallest absolute Gasteiger partial charge is 0.242 e. The van der Waals surface area contributed by atoms with Crippen molar-refractivity contribution in [2.75, 3.05) is 12.8 Å². The first-order chi connectivity index (χ1) is 7.31. The number of ether oxygens (including phenoxy) is 1. The molecule has 2 rings (SSSR count). The van der Waals surface area contributed by atoms with Gasteiger partial charge in [-0.25, -0.2) is 19.9 Å². The lowest BCUT2D eigenvalue weighted by atomic mass is 10.3. The molecule has 0 atom stereocenters. The van der Waals surface area contributed by atoms with Gasteiger partial charge in [0.1, 0.15) is 11.5 Å². The van der Waals surface area contributed by atoms with E-state index in [1.54, 1.807) is 12.4 Å². The Morgan fingerprint density at radius 2 is 1.87 bits per heavy atom. The van der Waals surface area contributed by atoms with Crippen LogP contribution in [0.25, 0.3) is 11.4 Å². The van der Waals surface area contributed by atoms with E-state index in [1.165, 1.54) is 19.5 Å². The Labute approximate surface area is 86.2 Å². The quantitative estimate of drug-likeness (QED) is 0.765. The molecule has 0 bridgehead atoms. The standard InChI is InChI=1S/C9H9N5O/c1-15-9-8(11-2-3-12-9)6-4-14-7(10)5-13-6/h2-5H,1H3,(H2,10,14). The highest BCUT2D eigenvalue weighted by Gasteiger charge is 2.09. The van der Waals surface area contributed by atoms with E-state index >= 15 is 0 Å². The van der Waals surface area contributed by atoms with E-state index in [-0.39, 0.29) is 0 Å².